The van der Waals surface area contributed by atoms with E-state index in [1.165, 1.54) is 4.90 Å². The van der Waals surface area contributed by atoms with Crippen LogP contribution in [-0.4, -0.2) is 37.4 Å². The average molecular weight is 425 g/mol. The molecule has 25 heavy (non-hydrogen) atoms. The summed E-state index contributed by atoms with van der Waals surface area (Å²) < 4.78 is 0.981. The Hall–Kier alpha value is -2.05. The molecule has 0 spiro atoms. The summed E-state index contributed by atoms with van der Waals surface area (Å²) in [5, 5.41) is 6.29. The lowest BCUT2D eigenvalue weighted by Crippen LogP contribution is -2.25. The Labute approximate surface area is 160 Å². The number of amides is 2. The summed E-state index contributed by atoms with van der Waals surface area (Å²) in [4.78, 5) is 25.9. The number of hydrogen-bond acceptors (Lipinski definition) is 3. The van der Waals surface area contributed by atoms with E-state index in [4.69, 9.17) is 11.6 Å². The normalized spacial score (nSPS) is 10.3. The highest BCUT2D eigenvalue weighted by Gasteiger charge is 2.14. The quantitative estimate of drug-likeness (QED) is 0.757. The van der Waals surface area contributed by atoms with Gasteiger partial charge in [0.1, 0.15) is 0 Å². The Morgan fingerprint density at radius 3 is 2.52 bits per heavy atom. The van der Waals surface area contributed by atoms with Crippen LogP contribution in [0.4, 0.5) is 11.4 Å². The van der Waals surface area contributed by atoms with E-state index in [0.717, 1.165) is 10.0 Å². The zero-order chi connectivity index (χ0) is 18.6. The van der Waals surface area contributed by atoms with Crippen LogP contribution < -0.4 is 10.6 Å². The molecule has 0 fully saturated rings. The minimum atomic E-state index is -0.218. The minimum absolute atomic E-state index is 0.0170. The summed E-state index contributed by atoms with van der Waals surface area (Å²) in [6.07, 6.45) is 0. The van der Waals surface area contributed by atoms with E-state index in [-0.39, 0.29) is 18.4 Å². The Morgan fingerprint density at radius 1 is 1.16 bits per heavy atom. The lowest BCUT2D eigenvalue weighted by atomic mass is 10.1. The molecule has 0 atom stereocenters. The third kappa shape index (κ3) is 5.21. The number of nitrogens with one attached hydrogen (secondary N) is 2. The van der Waals surface area contributed by atoms with Gasteiger partial charge in [-0.05, 0) is 48.9 Å². The van der Waals surface area contributed by atoms with Gasteiger partial charge in [-0.1, -0.05) is 27.5 Å². The van der Waals surface area contributed by atoms with E-state index >= 15 is 0 Å². The van der Waals surface area contributed by atoms with Crippen LogP contribution in [0.3, 0.4) is 0 Å². The number of hydrogen-bond donors (Lipinski definition) is 2. The lowest BCUT2D eigenvalue weighted by Gasteiger charge is -2.16. The highest BCUT2D eigenvalue weighted by atomic mass is 79.9. The zero-order valence-electron chi connectivity index (χ0n) is 14.2. The van der Waals surface area contributed by atoms with Gasteiger partial charge in [-0.2, -0.15) is 0 Å². The number of carbonyl (C=O) groups excluding carboxylic acids is 2. The first-order valence-electron chi connectivity index (χ1n) is 7.59. The molecule has 5 nitrogen and oxygen atoms in total. The molecule has 0 saturated heterocycles. The molecule has 2 N–H and O–H groups in total. The van der Waals surface area contributed by atoms with Crippen molar-refractivity contribution in [3.8, 4) is 0 Å². The number of aryl methyl sites for hydroxylation is 1. The smallest absolute Gasteiger partial charge is 0.255 e. The molecule has 2 aromatic carbocycles. The molecule has 0 saturated carbocycles. The van der Waals surface area contributed by atoms with Gasteiger partial charge >= 0.3 is 0 Å². The Kier molecular flexibility index (Phi) is 6.45. The van der Waals surface area contributed by atoms with Crippen LogP contribution in [0, 0.1) is 6.92 Å². The third-order valence-electron chi connectivity index (χ3n) is 3.50. The molecule has 0 aliphatic rings. The first-order chi connectivity index (χ1) is 11.8. The Bertz CT molecular complexity index is 809. The third-order valence-corrected chi connectivity index (χ3v) is 4.62. The first-order valence-corrected chi connectivity index (χ1v) is 8.76. The van der Waals surface area contributed by atoms with E-state index in [2.05, 4.69) is 26.6 Å². The lowest BCUT2D eigenvalue weighted by molar-refractivity contribution is -0.114. The summed E-state index contributed by atoms with van der Waals surface area (Å²) in [7, 11) is 3.34. The second kappa shape index (κ2) is 8.36. The van der Waals surface area contributed by atoms with Crippen molar-refractivity contribution in [2.45, 2.75) is 6.92 Å². The maximum absolute atomic E-state index is 12.2. The highest BCUT2D eigenvalue weighted by Crippen LogP contribution is 2.23. The van der Waals surface area contributed by atoms with Gasteiger partial charge in [0.15, 0.2) is 0 Å². The Balaban J connectivity index is 2.07. The fourth-order valence-electron chi connectivity index (χ4n) is 2.19. The van der Waals surface area contributed by atoms with Gasteiger partial charge in [-0.15, -0.1) is 0 Å². The average Bonchev–Trinajstić information content (AvgIpc) is 2.55. The molecular weight excluding hydrogens is 406 g/mol. The zero-order valence-corrected chi connectivity index (χ0v) is 16.5. The maximum atomic E-state index is 12.2. The van der Waals surface area contributed by atoms with Crippen molar-refractivity contribution in [2.24, 2.45) is 0 Å². The molecule has 0 unspecified atom stereocenters. The van der Waals surface area contributed by atoms with Gasteiger partial charge in [-0.3, -0.25) is 9.59 Å². The van der Waals surface area contributed by atoms with E-state index in [0.29, 0.717) is 22.0 Å². The number of rotatable bonds is 5. The van der Waals surface area contributed by atoms with Crippen LogP contribution in [0.15, 0.2) is 40.9 Å². The molecule has 0 aliphatic heterocycles. The fraction of sp³-hybridized carbons (Fsp3) is 0.222. The summed E-state index contributed by atoms with van der Waals surface area (Å²) in [5.74, 6) is -0.381. The van der Waals surface area contributed by atoms with Crippen molar-refractivity contribution in [1.29, 1.82) is 0 Å². The van der Waals surface area contributed by atoms with Gasteiger partial charge in [0.05, 0.1) is 12.1 Å². The predicted molar refractivity (Wildman–Crippen MR) is 105 cm³/mol. The predicted octanol–water partition coefficient (Wildman–Crippen LogP) is 4.16. The summed E-state index contributed by atoms with van der Waals surface area (Å²) >= 11 is 9.43. The van der Waals surface area contributed by atoms with Crippen molar-refractivity contribution in [2.75, 3.05) is 31.3 Å². The maximum Gasteiger partial charge on any atom is 0.255 e. The van der Waals surface area contributed by atoms with E-state index < -0.39 is 0 Å². The van der Waals surface area contributed by atoms with E-state index in [9.17, 15) is 9.59 Å². The minimum Gasteiger partial charge on any atom is -0.375 e. The molecule has 7 heteroatoms. The molecule has 2 rings (SSSR count). The summed E-state index contributed by atoms with van der Waals surface area (Å²) in [6.45, 7) is 1.96. The van der Waals surface area contributed by atoms with Crippen LogP contribution in [0.2, 0.25) is 5.02 Å². The van der Waals surface area contributed by atoms with Crippen molar-refractivity contribution in [1.82, 2.24) is 4.90 Å². The second-order valence-corrected chi connectivity index (χ2v) is 7.05. The highest BCUT2D eigenvalue weighted by molar-refractivity contribution is 9.10. The summed E-state index contributed by atoms with van der Waals surface area (Å²) in [6, 6.07) is 10.5. The molecular formula is C18H19BrClN3O2. The van der Waals surface area contributed by atoms with Gasteiger partial charge in [0.2, 0.25) is 5.91 Å². The first kappa shape index (κ1) is 19.3. The monoisotopic (exact) mass is 423 g/mol. The molecule has 0 aromatic heterocycles. The van der Waals surface area contributed by atoms with Crippen LogP contribution >= 0.6 is 27.5 Å². The van der Waals surface area contributed by atoms with Crippen LogP contribution in [0.5, 0.6) is 0 Å². The number of anilines is 2. The van der Waals surface area contributed by atoms with E-state index in [1.807, 2.05) is 25.1 Å². The van der Waals surface area contributed by atoms with Crippen molar-refractivity contribution in [3.63, 3.8) is 0 Å². The molecule has 132 valence electrons. The summed E-state index contributed by atoms with van der Waals surface area (Å²) in [5.41, 5.74) is 2.72. The van der Waals surface area contributed by atoms with Crippen LogP contribution in [0.1, 0.15) is 15.9 Å². The number of benzene rings is 2. The Morgan fingerprint density at radius 2 is 1.88 bits per heavy atom. The molecule has 0 bridgehead atoms. The van der Waals surface area contributed by atoms with Gasteiger partial charge in [0, 0.05) is 35.0 Å². The molecule has 2 amide bonds. The molecule has 2 aromatic rings. The van der Waals surface area contributed by atoms with Crippen molar-refractivity contribution < 1.29 is 9.59 Å². The largest absolute Gasteiger partial charge is 0.375 e. The number of nitrogens with zero attached hydrogens (tertiary/aromatic N) is 1. The number of carbonyl (C=O) groups is 2. The fourth-order valence-corrected chi connectivity index (χ4v) is 2.61. The number of halogens is 2. The van der Waals surface area contributed by atoms with Gasteiger partial charge < -0.3 is 15.5 Å². The van der Waals surface area contributed by atoms with Crippen LogP contribution in [0.25, 0.3) is 0 Å². The second-order valence-electron chi connectivity index (χ2n) is 5.76. The van der Waals surface area contributed by atoms with Crippen LogP contribution in [-0.2, 0) is 4.79 Å². The van der Waals surface area contributed by atoms with Gasteiger partial charge in [-0.25, -0.2) is 0 Å². The van der Waals surface area contributed by atoms with Crippen molar-refractivity contribution >= 4 is 50.7 Å². The standard InChI is InChI=1S/C18H19BrClN3O2/c1-11-8-13(5-7-15(11)19)22-17(24)10-21-16-9-12(20)4-6-14(16)18(25)23(2)3/h4-9,21H,10H2,1-3H3,(H,22,24). The van der Waals surface area contributed by atoms with Gasteiger partial charge in [0.25, 0.3) is 5.91 Å². The topological polar surface area (TPSA) is 61.4 Å². The van der Waals surface area contributed by atoms with E-state index in [1.54, 1.807) is 32.3 Å². The molecule has 0 heterocycles. The van der Waals surface area contributed by atoms with Crippen molar-refractivity contribution in [3.05, 3.63) is 57.0 Å². The molecule has 0 radical (unpaired) electrons. The molecule has 0 aliphatic carbocycles. The SMILES string of the molecule is Cc1cc(NC(=O)CNc2cc(Cl)ccc2C(=O)N(C)C)ccc1Br.